The third kappa shape index (κ3) is 4.49. The number of nitrogens with zero attached hydrogens (tertiary/aromatic N) is 1. The number of benzene rings is 1. The van der Waals surface area contributed by atoms with E-state index in [0.29, 0.717) is 10.8 Å². The first-order chi connectivity index (χ1) is 9.40. The molecule has 1 aromatic carbocycles. The largest absolute Gasteiger partial charge is 0.495 e. The molecule has 0 heterocycles. The standard InChI is InChI=1S/C14H22ClN3O2/c1-14(2,13(16)18-19)7-4-8-17-10-5-6-12(20-3)11(15)9-10/h5-6,9,17,19H,4,7-8H2,1-3H3,(H2,16,18). The Morgan fingerprint density at radius 1 is 1.50 bits per heavy atom. The fourth-order valence-corrected chi connectivity index (χ4v) is 2.06. The summed E-state index contributed by atoms with van der Waals surface area (Å²) in [4.78, 5) is 0. The molecule has 112 valence electrons. The quantitative estimate of drug-likeness (QED) is 0.237. The highest BCUT2D eigenvalue weighted by Gasteiger charge is 2.22. The van der Waals surface area contributed by atoms with Gasteiger partial charge in [-0.3, -0.25) is 0 Å². The Morgan fingerprint density at radius 2 is 2.20 bits per heavy atom. The lowest BCUT2D eigenvalue weighted by Gasteiger charge is -2.22. The molecule has 0 fully saturated rings. The number of anilines is 1. The molecule has 0 saturated carbocycles. The summed E-state index contributed by atoms with van der Waals surface area (Å²) < 4.78 is 5.10. The summed E-state index contributed by atoms with van der Waals surface area (Å²) in [5.74, 6) is 0.912. The van der Waals surface area contributed by atoms with Crippen LogP contribution >= 0.6 is 11.6 Å². The first-order valence-electron chi connectivity index (χ1n) is 6.46. The lowest BCUT2D eigenvalue weighted by molar-refractivity contribution is 0.305. The Bertz CT molecular complexity index is 475. The van der Waals surface area contributed by atoms with E-state index in [-0.39, 0.29) is 11.3 Å². The van der Waals surface area contributed by atoms with Crippen molar-refractivity contribution in [3.63, 3.8) is 0 Å². The monoisotopic (exact) mass is 299 g/mol. The molecular weight excluding hydrogens is 278 g/mol. The molecule has 0 aromatic heterocycles. The van der Waals surface area contributed by atoms with E-state index in [9.17, 15) is 0 Å². The molecule has 4 N–H and O–H groups in total. The number of methoxy groups -OCH3 is 1. The van der Waals surface area contributed by atoms with Gasteiger partial charge in [0.1, 0.15) is 11.6 Å². The number of rotatable bonds is 7. The van der Waals surface area contributed by atoms with Gasteiger partial charge in [-0.25, -0.2) is 0 Å². The van der Waals surface area contributed by atoms with Crippen molar-refractivity contribution in [2.45, 2.75) is 26.7 Å². The lowest BCUT2D eigenvalue weighted by atomic mass is 9.86. The van der Waals surface area contributed by atoms with Crippen LogP contribution in [0.4, 0.5) is 5.69 Å². The van der Waals surface area contributed by atoms with Crippen molar-refractivity contribution in [1.82, 2.24) is 0 Å². The van der Waals surface area contributed by atoms with Gasteiger partial charge in [0.15, 0.2) is 0 Å². The molecule has 1 rings (SSSR count). The highest BCUT2D eigenvalue weighted by molar-refractivity contribution is 6.32. The molecule has 0 aliphatic carbocycles. The molecule has 0 bridgehead atoms. The normalized spacial score (nSPS) is 12.3. The summed E-state index contributed by atoms with van der Waals surface area (Å²) in [6.07, 6.45) is 1.71. The Kier molecular flexibility index (Phi) is 5.95. The highest BCUT2D eigenvalue weighted by atomic mass is 35.5. The van der Waals surface area contributed by atoms with E-state index in [1.807, 2.05) is 32.0 Å². The van der Waals surface area contributed by atoms with E-state index in [1.165, 1.54) is 0 Å². The molecule has 1 aromatic rings. The highest BCUT2D eigenvalue weighted by Crippen LogP contribution is 2.27. The van der Waals surface area contributed by atoms with Crippen LogP contribution in [0.3, 0.4) is 0 Å². The van der Waals surface area contributed by atoms with Crippen molar-refractivity contribution in [1.29, 1.82) is 0 Å². The van der Waals surface area contributed by atoms with E-state index in [0.717, 1.165) is 25.1 Å². The minimum absolute atomic E-state index is 0.255. The Hall–Kier alpha value is -1.62. The van der Waals surface area contributed by atoms with Crippen LogP contribution in [0.2, 0.25) is 5.02 Å². The van der Waals surface area contributed by atoms with Crippen LogP contribution in [0.25, 0.3) is 0 Å². The zero-order valence-corrected chi connectivity index (χ0v) is 12.9. The topological polar surface area (TPSA) is 79.9 Å². The number of hydrogen-bond acceptors (Lipinski definition) is 4. The zero-order chi connectivity index (χ0) is 15.2. The van der Waals surface area contributed by atoms with Gasteiger partial charge in [0.25, 0.3) is 0 Å². The van der Waals surface area contributed by atoms with Crippen molar-refractivity contribution in [3.8, 4) is 5.75 Å². The van der Waals surface area contributed by atoms with E-state index >= 15 is 0 Å². The van der Waals surface area contributed by atoms with Gasteiger partial charge in [-0.05, 0) is 31.0 Å². The maximum absolute atomic E-state index is 8.71. The summed E-state index contributed by atoms with van der Waals surface area (Å²) in [5.41, 5.74) is 6.27. The van der Waals surface area contributed by atoms with Crippen molar-refractivity contribution in [3.05, 3.63) is 23.2 Å². The summed E-state index contributed by atoms with van der Waals surface area (Å²) in [6.45, 7) is 4.68. The first-order valence-corrected chi connectivity index (χ1v) is 6.84. The molecule has 0 aliphatic heterocycles. The van der Waals surface area contributed by atoms with Crippen LogP contribution in [-0.2, 0) is 0 Å². The lowest BCUT2D eigenvalue weighted by Crippen LogP contribution is -2.32. The zero-order valence-electron chi connectivity index (χ0n) is 12.1. The number of nitrogens with two attached hydrogens (primary N) is 1. The third-order valence-corrected chi connectivity index (χ3v) is 3.56. The number of oxime groups is 1. The van der Waals surface area contributed by atoms with E-state index in [2.05, 4.69) is 10.5 Å². The van der Waals surface area contributed by atoms with Crippen molar-refractivity contribution < 1.29 is 9.94 Å². The number of hydrogen-bond donors (Lipinski definition) is 3. The fourth-order valence-electron chi connectivity index (χ4n) is 1.80. The summed E-state index contributed by atoms with van der Waals surface area (Å²) in [7, 11) is 1.59. The van der Waals surface area contributed by atoms with Crippen LogP contribution in [0, 0.1) is 5.41 Å². The molecule has 0 radical (unpaired) electrons. The van der Waals surface area contributed by atoms with E-state index < -0.39 is 0 Å². The Balaban J connectivity index is 2.44. The SMILES string of the molecule is COc1ccc(NCCCC(C)(C)C(N)=NO)cc1Cl. The fraction of sp³-hybridized carbons (Fsp3) is 0.500. The number of amidine groups is 1. The minimum atomic E-state index is -0.312. The van der Waals surface area contributed by atoms with Crippen molar-refractivity contribution in [2.24, 2.45) is 16.3 Å². The van der Waals surface area contributed by atoms with Crippen LogP contribution in [0.1, 0.15) is 26.7 Å². The molecular formula is C14H22ClN3O2. The van der Waals surface area contributed by atoms with Gasteiger partial charge in [0.05, 0.1) is 12.1 Å². The predicted octanol–water partition coefficient (Wildman–Crippen LogP) is 3.31. The van der Waals surface area contributed by atoms with Crippen LogP contribution in [0.5, 0.6) is 5.75 Å². The molecule has 5 nitrogen and oxygen atoms in total. The molecule has 0 unspecified atom stereocenters. The van der Waals surface area contributed by atoms with Crippen LogP contribution in [0.15, 0.2) is 23.4 Å². The van der Waals surface area contributed by atoms with Crippen LogP contribution in [-0.4, -0.2) is 24.7 Å². The molecule has 0 amide bonds. The van der Waals surface area contributed by atoms with Gasteiger partial charge >= 0.3 is 0 Å². The number of ether oxygens (including phenoxy) is 1. The molecule has 0 atom stereocenters. The second kappa shape index (κ2) is 7.24. The smallest absolute Gasteiger partial charge is 0.144 e. The first kappa shape index (κ1) is 16.4. The summed E-state index contributed by atoms with van der Waals surface area (Å²) >= 11 is 6.05. The molecule has 0 aliphatic rings. The van der Waals surface area contributed by atoms with Gasteiger partial charge in [-0.1, -0.05) is 30.6 Å². The Morgan fingerprint density at radius 3 is 2.75 bits per heavy atom. The van der Waals surface area contributed by atoms with Gasteiger partial charge in [0.2, 0.25) is 0 Å². The molecule has 0 saturated heterocycles. The summed E-state index contributed by atoms with van der Waals surface area (Å²) in [6, 6.07) is 5.57. The van der Waals surface area contributed by atoms with Gasteiger partial charge in [-0.15, -0.1) is 0 Å². The maximum atomic E-state index is 8.71. The average molecular weight is 300 g/mol. The van der Waals surface area contributed by atoms with Gasteiger partial charge in [-0.2, -0.15) is 0 Å². The van der Waals surface area contributed by atoms with Crippen LogP contribution < -0.4 is 15.8 Å². The van der Waals surface area contributed by atoms with E-state index in [1.54, 1.807) is 7.11 Å². The maximum Gasteiger partial charge on any atom is 0.144 e. The second-order valence-corrected chi connectivity index (χ2v) is 5.66. The Labute approximate surface area is 124 Å². The van der Waals surface area contributed by atoms with E-state index in [4.69, 9.17) is 27.3 Å². The number of halogens is 1. The van der Waals surface area contributed by atoms with Gasteiger partial charge < -0.3 is 21.0 Å². The molecule has 20 heavy (non-hydrogen) atoms. The molecule has 0 spiro atoms. The number of nitrogens with one attached hydrogen (secondary N) is 1. The average Bonchev–Trinajstić information content (AvgIpc) is 2.42. The van der Waals surface area contributed by atoms with Crippen molar-refractivity contribution in [2.75, 3.05) is 19.0 Å². The van der Waals surface area contributed by atoms with Gasteiger partial charge in [0, 0.05) is 17.6 Å². The predicted molar refractivity (Wildman–Crippen MR) is 82.9 cm³/mol. The minimum Gasteiger partial charge on any atom is -0.495 e. The summed E-state index contributed by atoms with van der Waals surface area (Å²) in [5, 5.41) is 15.6. The van der Waals surface area contributed by atoms with Crippen molar-refractivity contribution >= 4 is 23.1 Å². The molecule has 6 heteroatoms. The third-order valence-electron chi connectivity index (χ3n) is 3.26. The second-order valence-electron chi connectivity index (χ2n) is 5.25.